The molecule has 0 N–H and O–H groups in total. The lowest BCUT2D eigenvalue weighted by Crippen LogP contribution is -2.07. The third-order valence-corrected chi connectivity index (χ3v) is 2.56. The number of carbonyl (C=O) groups excluding carboxylic acids is 2. The molecule has 0 fully saturated rings. The molecule has 0 heterocycles. The van der Waals surface area contributed by atoms with Crippen molar-refractivity contribution in [3.8, 4) is 0 Å². The van der Waals surface area contributed by atoms with Crippen molar-refractivity contribution in [2.75, 3.05) is 13.2 Å². The van der Waals surface area contributed by atoms with Crippen LogP contribution in [-0.4, -0.2) is 25.2 Å². The van der Waals surface area contributed by atoms with Crippen LogP contribution >= 0.6 is 0 Å². The van der Waals surface area contributed by atoms with E-state index >= 15 is 0 Å². The highest BCUT2D eigenvalue weighted by molar-refractivity contribution is 5.74. The van der Waals surface area contributed by atoms with Gasteiger partial charge in [-0.1, -0.05) is 38.3 Å². The Morgan fingerprint density at radius 3 is 2.00 bits per heavy atom. The van der Waals surface area contributed by atoms with E-state index in [2.05, 4.69) is 0 Å². The van der Waals surface area contributed by atoms with E-state index in [9.17, 15) is 9.59 Å². The zero-order valence-electron chi connectivity index (χ0n) is 12.4. The van der Waals surface area contributed by atoms with Crippen molar-refractivity contribution in [3.05, 3.63) is 11.6 Å². The molecular weight excluding hydrogens is 244 g/mol. The molecule has 0 aliphatic rings. The van der Waals surface area contributed by atoms with Crippen LogP contribution in [0.5, 0.6) is 0 Å². The van der Waals surface area contributed by atoms with Gasteiger partial charge in [0.25, 0.3) is 0 Å². The predicted molar refractivity (Wildman–Crippen MR) is 74.7 cm³/mol. The molecule has 0 saturated heterocycles. The van der Waals surface area contributed by atoms with Crippen molar-refractivity contribution in [1.29, 1.82) is 0 Å². The second kappa shape index (κ2) is 11.8. The summed E-state index contributed by atoms with van der Waals surface area (Å²) in [6.07, 6.45) is 5.98. The van der Waals surface area contributed by atoms with Gasteiger partial charge in [0.2, 0.25) is 0 Å². The summed E-state index contributed by atoms with van der Waals surface area (Å²) in [5.41, 5.74) is 0.842. The molecule has 0 aromatic heterocycles. The largest absolute Gasteiger partial charge is 0.465 e. The summed E-state index contributed by atoms with van der Waals surface area (Å²) in [5.74, 6) is -0.478. The van der Waals surface area contributed by atoms with Crippen molar-refractivity contribution in [2.24, 2.45) is 0 Å². The molecule has 0 aliphatic carbocycles. The maximum absolute atomic E-state index is 11.4. The Morgan fingerprint density at radius 1 is 0.947 bits per heavy atom. The average molecular weight is 270 g/mol. The number of hydrogen-bond donors (Lipinski definition) is 0. The van der Waals surface area contributed by atoms with Crippen LogP contribution in [-0.2, 0) is 19.1 Å². The van der Waals surface area contributed by atoms with Gasteiger partial charge in [0.1, 0.15) is 0 Å². The monoisotopic (exact) mass is 270 g/mol. The highest BCUT2D eigenvalue weighted by atomic mass is 16.5. The molecule has 0 radical (unpaired) electrons. The van der Waals surface area contributed by atoms with Crippen LogP contribution in [0, 0.1) is 0 Å². The van der Waals surface area contributed by atoms with Gasteiger partial charge in [-0.2, -0.15) is 0 Å². The molecule has 0 bridgehead atoms. The SMILES string of the molecule is CCCCOC(=O)C/C=C(\C)CC(=O)OCCCC. The van der Waals surface area contributed by atoms with E-state index in [1.165, 1.54) is 0 Å². The maximum atomic E-state index is 11.4. The smallest absolute Gasteiger partial charge is 0.309 e. The molecule has 110 valence electrons. The standard InChI is InChI=1S/C15H26O4/c1-4-6-10-18-14(16)9-8-13(3)12-15(17)19-11-7-5-2/h8H,4-7,9-12H2,1-3H3/b13-8+. The van der Waals surface area contributed by atoms with Crippen LogP contribution in [0.2, 0.25) is 0 Å². The molecule has 19 heavy (non-hydrogen) atoms. The van der Waals surface area contributed by atoms with Crippen molar-refractivity contribution in [2.45, 2.75) is 59.3 Å². The van der Waals surface area contributed by atoms with E-state index < -0.39 is 0 Å². The third-order valence-electron chi connectivity index (χ3n) is 2.56. The van der Waals surface area contributed by atoms with Crippen molar-refractivity contribution >= 4 is 11.9 Å². The number of ether oxygens (including phenoxy) is 2. The van der Waals surface area contributed by atoms with Crippen molar-refractivity contribution in [1.82, 2.24) is 0 Å². The Morgan fingerprint density at radius 2 is 1.47 bits per heavy atom. The van der Waals surface area contributed by atoms with E-state index in [0.29, 0.717) is 13.2 Å². The normalized spacial score (nSPS) is 11.2. The van der Waals surface area contributed by atoms with Gasteiger partial charge < -0.3 is 9.47 Å². The van der Waals surface area contributed by atoms with Crippen molar-refractivity contribution < 1.29 is 19.1 Å². The van der Waals surface area contributed by atoms with Crippen LogP contribution in [0.15, 0.2) is 11.6 Å². The topological polar surface area (TPSA) is 52.6 Å². The van der Waals surface area contributed by atoms with Crippen LogP contribution in [0.3, 0.4) is 0 Å². The fourth-order valence-electron chi connectivity index (χ4n) is 1.33. The highest BCUT2D eigenvalue weighted by Gasteiger charge is 2.05. The Kier molecular flexibility index (Phi) is 10.9. The first-order valence-electron chi connectivity index (χ1n) is 7.07. The molecule has 0 rings (SSSR count). The van der Waals surface area contributed by atoms with Gasteiger partial charge in [0, 0.05) is 0 Å². The second-order valence-corrected chi connectivity index (χ2v) is 4.58. The summed E-state index contributed by atoms with van der Waals surface area (Å²) in [5, 5.41) is 0. The molecule has 0 amide bonds. The number of carbonyl (C=O) groups is 2. The minimum Gasteiger partial charge on any atom is -0.465 e. The first-order valence-corrected chi connectivity index (χ1v) is 7.07. The number of rotatable bonds is 10. The molecule has 0 atom stereocenters. The van der Waals surface area contributed by atoms with Gasteiger partial charge in [-0.3, -0.25) is 9.59 Å². The van der Waals surface area contributed by atoms with Gasteiger partial charge in [-0.25, -0.2) is 0 Å². The quantitative estimate of drug-likeness (QED) is 0.347. The summed E-state index contributed by atoms with van der Waals surface area (Å²) < 4.78 is 10.1. The summed E-state index contributed by atoms with van der Waals surface area (Å²) >= 11 is 0. The summed E-state index contributed by atoms with van der Waals surface area (Å²) in [7, 11) is 0. The van der Waals surface area contributed by atoms with Crippen molar-refractivity contribution in [3.63, 3.8) is 0 Å². The van der Waals surface area contributed by atoms with Gasteiger partial charge in [-0.05, 0) is 19.8 Å². The van der Waals surface area contributed by atoms with Gasteiger partial charge in [-0.15, -0.1) is 0 Å². The van der Waals surface area contributed by atoms with Gasteiger partial charge in [0.05, 0.1) is 26.1 Å². The van der Waals surface area contributed by atoms with E-state index in [4.69, 9.17) is 9.47 Å². The molecule has 4 heteroatoms. The Labute approximate surface area is 116 Å². The van der Waals surface area contributed by atoms with E-state index in [0.717, 1.165) is 31.3 Å². The molecule has 0 aliphatic heterocycles. The zero-order valence-corrected chi connectivity index (χ0v) is 12.4. The lowest BCUT2D eigenvalue weighted by Gasteiger charge is -2.04. The van der Waals surface area contributed by atoms with Crippen LogP contribution in [0.25, 0.3) is 0 Å². The molecule has 0 unspecified atom stereocenters. The molecule has 0 saturated carbocycles. The maximum Gasteiger partial charge on any atom is 0.309 e. The minimum atomic E-state index is -0.243. The lowest BCUT2D eigenvalue weighted by atomic mass is 10.2. The first kappa shape index (κ1) is 17.7. The summed E-state index contributed by atoms with van der Waals surface area (Å²) in [6.45, 7) is 6.86. The molecule has 0 aromatic rings. The molecule has 0 spiro atoms. The highest BCUT2D eigenvalue weighted by Crippen LogP contribution is 2.05. The lowest BCUT2D eigenvalue weighted by molar-refractivity contribution is -0.144. The number of esters is 2. The zero-order chi connectivity index (χ0) is 14.5. The molecular formula is C15H26O4. The molecule has 0 aromatic carbocycles. The summed E-state index contributed by atoms with van der Waals surface area (Å²) in [4.78, 5) is 22.7. The Bertz CT molecular complexity index is 295. The first-order chi connectivity index (χ1) is 9.10. The van der Waals surface area contributed by atoms with E-state index in [-0.39, 0.29) is 24.8 Å². The van der Waals surface area contributed by atoms with E-state index in [1.807, 2.05) is 20.8 Å². The average Bonchev–Trinajstić information content (AvgIpc) is 2.37. The minimum absolute atomic E-state index is 0.220. The second-order valence-electron chi connectivity index (χ2n) is 4.58. The Hall–Kier alpha value is -1.32. The number of hydrogen-bond acceptors (Lipinski definition) is 4. The number of unbranched alkanes of at least 4 members (excludes halogenated alkanes) is 2. The predicted octanol–water partition coefficient (Wildman–Crippen LogP) is 3.40. The summed E-state index contributed by atoms with van der Waals surface area (Å²) in [6, 6.07) is 0. The fourth-order valence-corrected chi connectivity index (χ4v) is 1.33. The van der Waals surface area contributed by atoms with Gasteiger partial charge >= 0.3 is 11.9 Å². The van der Waals surface area contributed by atoms with Crippen LogP contribution < -0.4 is 0 Å². The Balaban J connectivity index is 3.80. The fraction of sp³-hybridized carbons (Fsp3) is 0.733. The van der Waals surface area contributed by atoms with Crippen LogP contribution in [0.1, 0.15) is 59.3 Å². The van der Waals surface area contributed by atoms with Crippen LogP contribution in [0.4, 0.5) is 0 Å². The van der Waals surface area contributed by atoms with E-state index in [1.54, 1.807) is 6.08 Å². The molecule has 4 nitrogen and oxygen atoms in total. The third kappa shape index (κ3) is 11.5. The van der Waals surface area contributed by atoms with Gasteiger partial charge in [0.15, 0.2) is 0 Å².